The molecule has 3 N–H and O–H groups in total. The molecule has 0 amide bonds. The molecule has 3 nitrogen and oxygen atoms in total. The maximum Gasteiger partial charge on any atom is 0.0791 e. The quantitative estimate of drug-likeness (QED) is 0.417. The molecule has 2 atom stereocenters. The van der Waals surface area contributed by atoms with Gasteiger partial charge in [-0.05, 0) is 19.4 Å². The minimum Gasteiger partial charge on any atom is -0.375 e. The molecule has 0 aliphatic carbocycles. The molecular formula is C10H23N3. The van der Waals surface area contributed by atoms with Gasteiger partial charge in [-0.15, -0.1) is 0 Å². The van der Waals surface area contributed by atoms with Crippen LogP contribution in [-0.2, 0) is 0 Å². The third-order valence-electron chi connectivity index (χ3n) is 2.85. The summed E-state index contributed by atoms with van der Waals surface area (Å²) in [6.07, 6.45) is 2.42. The molecule has 0 aromatic rings. The van der Waals surface area contributed by atoms with Crippen molar-refractivity contribution < 1.29 is 0 Å². The SMILES string of the molecule is CCNC(C)(CNC=N)C(C)CC. The van der Waals surface area contributed by atoms with E-state index < -0.39 is 0 Å². The highest BCUT2D eigenvalue weighted by molar-refractivity contribution is 5.49. The second-order valence-corrected chi connectivity index (χ2v) is 3.78. The lowest BCUT2D eigenvalue weighted by Gasteiger charge is -2.36. The lowest BCUT2D eigenvalue weighted by molar-refractivity contribution is 0.244. The highest BCUT2D eigenvalue weighted by Crippen LogP contribution is 2.18. The van der Waals surface area contributed by atoms with Gasteiger partial charge in [0.25, 0.3) is 0 Å². The Kier molecular flexibility index (Phi) is 5.71. The van der Waals surface area contributed by atoms with E-state index in [4.69, 9.17) is 5.41 Å². The molecule has 0 aromatic heterocycles. The predicted molar refractivity (Wildman–Crippen MR) is 58.3 cm³/mol. The van der Waals surface area contributed by atoms with E-state index in [1.807, 2.05) is 0 Å². The molecule has 0 saturated heterocycles. The average Bonchev–Trinajstić information content (AvgIpc) is 2.14. The van der Waals surface area contributed by atoms with Gasteiger partial charge >= 0.3 is 0 Å². The van der Waals surface area contributed by atoms with Crippen molar-refractivity contribution in [1.29, 1.82) is 5.41 Å². The van der Waals surface area contributed by atoms with Crippen LogP contribution in [-0.4, -0.2) is 25.0 Å². The van der Waals surface area contributed by atoms with Gasteiger partial charge in [0, 0.05) is 12.1 Å². The van der Waals surface area contributed by atoms with E-state index in [2.05, 4.69) is 38.3 Å². The van der Waals surface area contributed by atoms with Crippen molar-refractivity contribution in [3.63, 3.8) is 0 Å². The van der Waals surface area contributed by atoms with Crippen molar-refractivity contribution in [2.24, 2.45) is 5.92 Å². The van der Waals surface area contributed by atoms with Crippen molar-refractivity contribution in [2.75, 3.05) is 13.1 Å². The van der Waals surface area contributed by atoms with E-state index >= 15 is 0 Å². The van der Waals surface area contributed by atoms with E-state index in [-0.39, 0.29) is 5.54 Å². The molecule has 3 heteroatoms. The van der Waals surface area contributed by atoms with Crippen LogP contribution in [0.25, 0.3) is 0 Å². The van der Waals surface area contributed by atoms with Gasteiger partial charge in [0.2, 0.25) is 0 Å². The molecule has 0 fully saturated rings. The molecular weight excluding hydrogens is 162 g/mol. The Hall–Kier alpha value is -0.570. The zero-order chi connectivity index (χ0) is 10.3. The minimum absolute atomic E-state index is 0.0983. The Morgan fingerprint density at radius 3 is 2.46 bits per heavy atom. The summed E-state index contributed by atoms with van der Waals surface area (Å²) in [5, 5.41) is 13.4. The second kappa shape index (κ2) is 5.97. The molecule has 0 heterocycles. The summed E-state index contributed by atoms with van der Waals surface area (Å²) in [5.41, 5.74) is 0.0983. The van der Waals surface area contributed by atoms with Crippen LogP contribution in [0.15, 0.2) is 0 Å². The summed E-state index contributed by atoms with van der Waals surface area (Å²) in [5.74, 6) is 0.611. The van der Waals surface area contributed by atoms with Crippen LogP contribution >= 0.6 is 0 Å². The highest BCUT2D eigenvalue weighted by Gasteiger charge is 2.28. The zero-order valence-corrected chi connectivity index (χ0v) is 9.28. The van der Waals surface area contributed by atoms with Crippen molar-refractivity contribution in [1.82, 2.24) is 10.6 Å². The third-order valence-corrected chi connectivity index (χ3v) is 2.85. The fourth-order valence-corrected chi connectivity index (χ4v) is 1.53. The van der Waals surface area contributed by atoms with Crippen molar-refractivity contribution in [2.45, 2.75) is 39.7 Å². The fraction of sp³-hybridized carbons (Fsp3) is 0.900. The summed E-state index contributed by atoms with van der Waals surface area (Å²) in [4.78, 5) is 0. The smallest absolute Gasteiger partial charge is 0.0791 e. The molecule has 0 spiro atoms. The zero-order valence-electron chi connectivity index (χ0n) is 9.28. The van der Waals surface area contributed by atoms with Gasteiger partial charge in [-0.25, -0.2) is 0 Å². The summed E-state index contributed by atoms with van der Waals surface area (Å²) >= 11 is 0. The summed E-state index contributed by atoms with van der Waals surface area (Å²) in [6, 6.07) is 0. The number of nitrogens with one attached hydrogen (secondary N) is 3. The number of likely N-dealkylation sites (N-methyl/N-ethyl adjacent to an activating group) is 1. The molecule has 78 valence electrons. The maximum atomic E-state index is 6.95. The van der Waals surface area contributed by atoms with E-state index in [0.717, 1.165) is 19.5 Å². The second-order valence-electron chi connectivity index (χ2n) is 3.78. The monoisotopic (exact) mass is 185 g/mol. The highest BCUT2D eigenvalue weighted by atomic mass is 15.0. The Bertz CT molecular complexity index is 147. The van der Waals surface area contributed by atoms with E-state index in [0.29, 0.717) is 5.92 Å². The molecule has 0 aliphatic heterocycles. The Morgan fingerprint density at radius 2 is 2.08 bits per heavy atom. The lowest BCUT2D eigenvalue weighted by Crippen LogP contribution is -2.54. The van der Waals surface area contributed by atoms with Crippen LogP contribution in [0.4, 0.5) is 0 Å². The number of hydrogen-bond acceptors (Lipinski definition) is 2. The number of hydrogen-bond donors (Lipinski definition) is 3. The largest absolute Gasteiger partial charge is 0.375 e. The molecule has 0 bridgehead atoms. The molecule has 0 aromatic carbocycles. The summed E-state index contributed by atoms with van der Waals surface area (Å²) in [6.45, 7) is 10.6. The van der Waals surface area contributed by atoms with Crippen LogP contribution in [0, 0.1) is 11.3 Å². The Labute approximate surface area is 81.8 Å². The Balaban J connectivity index is 4.22. The first-order valence-electron chi connectivity index (χ1n) is 5.08. The molecule has 0 rings (SSSR count). The van der Waals surface area contributed by atoms with Gasteiger partial charge < -0.3 is 10.6 Å². The molecule has 2 unspecified atom stereocenters. The minimum atomic E-state index is 0.0983. The maximum absolute atomic E-state index is 6.95. The van der Waals surface area contributed by atoms with Crippen LogP contribution in [0.1, 0.15) is 34.1 Å². The third kappa shape index (κ3) is 3.77. The first-order chi connectivity index (χ1) is 6.10. The molecule has 13 heavy (non-hydrogen) atoms. The van der Waals surface area contributed by atoms with Gasteiger partial charge in [0.1, 0.15) is 0 Å². The summed E-state index contributed by atoms with van der Waals surface area (Å²) in [7, 11) is 0. The van der Waals surface area contributed by atoms with Gasteiger partial charge in [-0.2, -0.15) is 0 Å². The van der Waals surface area contributed by atoms with Crippen molar-refractivity contribution >= 4 is 6.34 Å². The van der Waals surface area contributed by atoms with Crippen LogP contribution in [0.2, 0.25) is 0 Å². The van der Waals surface area contributed by atoms with Crippen LogP contribution < -0.4 is 10.6 Å². The topological polar surface area (TPSA) is 47.9 Å². The van der Waals surface area contributed by atoms with E-state index in [1.165, 1.54) is 6.34 Å². The van der Waals surface area contributed by atoms with Gasteiger partial charge in [-0.3, -0.25) is 5.41 Å². The predicted octanol–water partition coefficient (Wildman–Crippen LogP) is 1.60. The van der Waals surface area contributed by atoms with Crippen LogP contribution in [0.3, 0.4) is 0 Å². The normalized spacial score (nSPS) is 17.5. The molecule has 0 aliphatic rings. The average molecular weight is 185 g/mol. The standard InChI is InChI=1S/C10H23N3/c1-5-9(3)10(4,13-6-2)7-12-8-11/h8-9,13H,5-7H2,1-4H3,(H2,11,12). The van der Waals surface area contributed by atoms with Gasteiger partial charge in [-0.1, -0.05) is 27.2 Å². The first-order valence-corrected chi connectivity index (χ1v) is 5.08. The molecule has 0 saturated carbocycles. The number of rotatable bonds is 7. The fourth-order valence-electron chi connectivity index (χ4n) is 1.53. The van der Waals surface area contributed by atoms with Crippen LogP contribution in [0.5, 0.6) is 0 Å². The molecule has 0 radical (unpaired) electrons. The van der Waals surface area contributed by atoms with Crippen molar-refractivity contribution in [3.05, 3.63) is 0 Å². The Morgan fingerprint density at radius 1 is 1.46 bits per heavy atom. The van der Waals surface area contributed by atoms with Crippen molar-refractivity contribution in [3.8, 4) is 0 Å². The lowest BCUT2D eigenvalue weighted by atomic mass is 9.85. The van der Waals surface area contributed by atoms with E-state index in [1.54, 1.807) is 0 Å². The summed E-state index contributed by atoms with van der Waals surface area (Å²) < 4.78 is 0. The van der Waals surface area contributed by atoms with Gasteiger partial charge in [0.05, 0.1) is 6.34 Å². The first kappa shape index (κ1) is 12.4. The van der Waals surface area contributed by atoms with E-state index in [9.17, 15) is 0 Å². The van der Waals surface area contributed by atoms with Gasteiger partial charge in [0.15, 0.2) is 0 Å².